The van der Waals surface area contributed by atoms with Crippen LogP contribution in [0.1, 0.15) is 6.92 Å². The second kappa shape index (κ2) is 8.31. The number of hydrogen-bond donors (Lipinski definition) is 1. The molecule has 5 nitrogen and oxygen atoms in total. The van der Waals surface area contributed by atoms with Gasteiger partial charge in [-0.2, -0.15) is 0 Å². The fraction of sp³-hybridized carbons (Fsp3) is 0.176. The number of anilines is 1. The molecule has 1 N–H and O–H groups in total. The highest BCUT2D eigenvalue weighted by Gasteiger charge is 2.18. The van der Waals surface area contributed by atoms with E-state index < -0.39 is 30.4 Å². The number of carbonyl (C=O) groups excluding carboxylic acids is 2. The van der Waals surface area contributed by atoms with Gasteiger partial charge in [-0.1, -0.05) is 17.7 Å². The molecule has 0 fully saturated rings. The number of hydrogen-bond acceptors (Lipinski definition) is 4. The summed E-state index contributed by atoms with van der Waals surface area (Å²) < 4.78 is 23.0. The number of amides is 1. The van der Waals surface area contributed by atoms with Crippen LogP contribution in [0.2, 0.25) is 5.02 Å². The largest absolute Gasteiger partial charge is 0.482 e. The second-order valence-corrected chi connectivity index (χ2v) is 5.31. The van der Waals surface area contributed by atoms with Gasteiger partial charge in [0.1, 0.15) is 11.6 Å². The monoisotopic (exact) mass is 351 g/mol. The van der Waals surface area contributed by atoms with Crippen molar-refractivity contribution in [1.82, 2.24) is 0 Å². The summed E-state index contributed by atoms with van der Waals surface area (Å²) in [5, 5.41) is 3.13. The summed E-state index contributed by atoms with van der Waals surface area (Å²) in [4.78, 5) is 23.6. The van der Waals surface area contributed by atoms with Crippen molar-refractivity contribution in [3.05, 3.63) is 59.4 Å². The van der Waals surface area contributed by atoms with E-state index in [0.717, 1.165) is 6.07 Å². The summed E-state index contributed by atoms with van der Waals surface area (Å²) >= 11 is 5.76. The van der Waals surface area contributed by atoms with Gasteiger partial charge >= 0.3 is 5.97 Å². The van der Waals surface area contributed by atoms with Gasteiger partial charge in [0.2, 0.25) is 0 Å². The molecule has 1 atom stereocenters. The Morgan fingerprint density at radius 2 is 1.92 bits per heavy atom. The van der Waals surface area contributed by atoms with E-state index in [0.29, 0.717) is 10.7 Å². The van der Waals surface area contributed by atoms with Crippen molar-refractivity contribution in [2.45, 2.75) is 13.0 Å². The highest BCUT2D eigenvalue weighted by atomic mass is 35.5. The SMILES string of the molecule is CC(OC(=O)COc1cccc(F)c1)C(=O)Nc1ccc(Cl)cc1. The third-order valence-corrected chi connectivity index (χ3v) is 3.19. The average molecular weight is 352 g/mol. The zero-order valence-corrected chi connectivity index (χ0v) is 13.5. The van der Waals surface area contributed by atoms with Gasteiger partial charge in [-0.25, -0.2) is 9.18 Å². The molecular weight excluding hydrogens is 337 g/mol. The maximum absolute atomic E-state index is 13.0. The lowest BCUT2D eigenvalue weighted by atomic mass is 10.3. The Morgan fingerprint density at radius 1 is 1.21 bits per heavy atom. The summed E-state index contributed by atoms with van der Waals surface area (Å²) in [5.41, 5.74) is 0.531. The average Bonchev–Trinajstić information content (AvgIpc) is 2.55. The molecule has 1 amide bonds. The number of halogens is 2. The van der Waals surface area contributed by atoms with E-state index in [9.17, 15) is 14.0 Å². The Kier molecular flexibility index (Phi) is 6.14. The first-order valence-electron chi connectivity index (χ1n) is 7.08. The van der Waals surface area contributed by atoms with Gasteiger partial charge in [0, 0.05) is 16.8 Å². The highest BCUT2D eigenvalue weighted by molar-refractivity contribution is 6.30. The Morgan fingerprint density at radius 3 is 2.58 bits per heavy atom. The minimum absolute atomic E-state index is 0.199. The third kappa shape index (κ3) is 5.55. The minimum atomic E-state index is -1.01. The summed E-state index contributed by atoms with van der Waals surface area (Å²) in [6.45, 7) is 1.01. The van der Waals surface area contributed by atoms with E-state index in [2.05, 4.69) is 5.32 Å². The predicted molar refractivity (Wildman–Crippen MR) is 87.5 cm³/mol. The number of rotatable bonds is 6. The maximum Gasteiger partial charge on any atom is 0.344 e. The summed E-state index contributed by atoms with van der Waals surface area (Å²) in [7, 11) is 0. The van der Waals surface area contributed by atoms with Crippen molar-refractivity contribution in [2.75, 3.05) is 11.9 Å². The van der Waals surface area contributed by atoms with Crippen molar-refractivity contribution in [3.8, 4) is 5.75 Å². The van der Waals surface area contributed by atoms with Crippen LogP contribution in [0.3, 0.4) is 0 Å². The lowest BCUT2D eigenvalue weighted by molar-refractivity contribution is -0.155. The van der Waals surface area contributed by atoms with Crippen molar-refractivity contribution in [1.29, 1.82) is 0 Å². The van der Waals surface area contributed by atoms with Crippen molar-refractivity contribution in [3.63, 3.8) is 0 Å². The van der Waals surface area contributed by atoms with Gasteiger partial charge in [0.05, 0.1) is 0 Å². The van der Waals surface area contributed by atoms with E-state index in [1.165, 1.54) is 25.1 Å². The topological polar surface area (TPSA) is 64.6 Å². The zero-order chi connectivity index (χ0) is 17.5. The second-order valence-electron chi connectivity index (χ2n) is 4.87. The van der Waals surface area contributed by atoms with Crippen molar-refractivity contribution >= 4 is 29.2 Å². The van der Waals surface area contributed by atoms with Crippen LogP contribution in [0.15, 0.2) is 48.5 Å². The van der Waals surface area contributed by atoms with Crippen molar-refractivity contribution < 1.29 is 23.5 Å². The molecule has 2 rings (SSSR count). The maximum atomic E-state index is 13.0. The molecule has 0 bridgehead atoms. The number of nitrogens with one attached hydrogen (secondary N) is 1. The third-order valence-electron chi connectivity index (χ3n) is 2.94. The fourth-order valence-electron chi connectivity index (χ4n) is 1.76. The summed E-state index contributed by atoms with van der Waals surface area (Å²) in [5.74, 6) is -1.50. The molecule has 0 saturated heterocycles. The number of carbonyl (C=O) groups is 2. The van der Waals surface area contributed by atoms with E-state index in [4.69, 9.17) is 21.1 Å². The first-order valence-corrected chi connectivity index (χ1v) is 7.46. The van der Waals surface area contributed by atoms with Crippen LogP contribution in [0, 0.1) is 5.82 Å². The molecule has 1 unspecified atom stereocenters. The van der Waals surface area contributed by atoms with Gasteiger partial charge in [-0.05, 0) is 43.3 Å². The quantitative estimate of drug-likeness (QED) is 0.810. The summed E-state index contributed by atoms with van der Waals surface area (Å²) in [6.07, 6.45) is -1.01. The molecule has 0 aliphatic heterocycles. The lowest BCUT2D eigenvalue weighted by Gasteiger charge is -2.14. The molecule has 0 aliphatic carbocycles. The smallest absolute Gasteiger partial charge is 0.344 e. The van der Waals surface area contributed by atoms with E-state index in [1.807, 2.05) is 0 Å². The summed E-state index contributed by atoms with van der Waals surface area (Å²) in [6, 6.07) is 11.9. The zero-order valence-electron chi connectivity index (χ0n) is 12.8. The molecule has 126 valence electrons. The molecule has 0 aromatic heterocycles. The van der Waals surface area contributed by atoms with Crippen LogP contribution >= 0.6 is 11.6 Å². The molecule has 0 radical (unpaired) electrons. The van der Waals surface area contributed by atoms with Crippen LogP contribution in [0.4, 0.5) is 10.1 Å². The Balaban J connectivity index is 1.80. The first kappa shape index (κ1) is 17.7. The molecule has 0 heterocycles. The van der Waals surface area contributed by atoms with Crippen LogP contribution < -0.4 is 10.1 Å². The fourth-order valence-corrected chi connectivity index (χ4v) is 1.89. The van der Waals surface area contributed by atoms with Crippen LogP contribution in [0.25, 0.3) is 0 Å². The molecule has 7 heteroatoms. The Bertz CT molecular complexity index is 721. The predicted octanol–water partition coefficient (Wildman–Crippen LogP) is 3.43. The van der Waals surface area contributed by atoms with Gasteiger partial charge in [0.25, 0.3) is 5.91 Å². The molecule has 2 aromatic rings. The molecule has 2 aromatic carbocycles. The van der Waals surface area contributed by atoms with Gasteiger partial charge in [0.15, 0.2) is 12.7 Å². The number of benzene rings is 2. The van der Waals surface area contributed by atoms with E-state index >= 15 is 0 Å². The lowest BCUT2D eigenvalue weighted by Crippen LogP contribution is -2.31. The highest BCUT2D eigenvalue weighted by Crippen LogP contribution is 2.14. The Hall–Kier alpha value is -2.60. The first-order chi connectivity index (χ1) is 11.4. The van der Waals surface area contributed by atoms with E-state index in [1.54, 1.807) is 24.3 Å². The van der Waals surface area contributed by atoms with Gasteiger partial charge in [-0.3, -0.25) is 4.79 Å². The molecular formula is C17H15ClFNO4. The normalized spacial score (nSPS) is 11.5. The van der Waals surface area contributed by atoms with Crippen molar-refractivity contribution in [2.24, 2.45) is 0 Å². The molecule has 0 spiro atoms. The number of ether oxygens (including phenoxy) is 2. The van der Waals surface area contributed by atoms with Crippen LogP contribution in [-0.4, -0.2) is 24.6 Å². The molecule has 24 heavy (non-hydrogen) atoms. The van der Waals surface area contributed by atoms with Gasteiger partial charge < -0.3 is 14.8 Å². The van der Waals surface area contributed by atoms with Crippen LogP contribution in [0.5, 0.6) is 5.75 Å². The van der Waals surface area contributed by atoms with Gasteiger partial charge in [-0.15, -0.1) is 0 Å². The molecule has 0 aliphatic rings. The standard InChI is InChI=1S/C17H15ClFNO4/c1-11(17(22)20-14-7-5-12(18)6-8-14)24-16(21)10-23-15-4-2-3-13(19)9-15/h2-9,11H,10H2,1H3,(H,20,22). The Labute approximate surface area is 143 Å². The van der Waals surface area contributed by atoms with E-state index in [-0.39, 0.29) is 5.75 Å². The number of esters is 1. The molecule has 0 saturated carbocycles. The van der Waals surface area contributed by atoms with Crippen LogP contribution in [-0.2, 0) is 14.3 Å². The minimum Gasteiger partial charge on any atom is -0.482 e.